The van der Waals surface area contributed by atoms with E-state index in [2.05, 4.69) is 29.6 Å². The molecular weight excluding hydrogens is 313 g/mol. The molecule has 0 heterocycles. The van der Waals surface area contributed by atoms with Crippen LogP contribution in [0.5, 0.6) is 0 Å². The van der Waals surface area contributed by atoms with Gasteiger partial charge in [0.05, 0.1) is 0 Å². The zero-order valence-electron chi connectivity index (χ0n) is 14.3. The second kappa shape index (κ2) is 7.93. The standard InChI is InChI=1S/C22H22FNO/c1-16(15-19-7-4-6-18-5-2-3-8-21(18)19)22(25)24-14-13-17-9-11-20(23)12-10-17/h2-12,16H,13-15H2,1H3,(H,24,25). The minimum absolute atomic E-state index is 0.0510. The van der Waals surface area contributed by atoms with Crippen LogP contribution < -0.4 is 5.32 Å². The fourth-order valence-electron chi connectivity index (χ4n) is 3.05. The van der Waals surface area contributed by atoms with Gasteiger partial charge in [0.25, 0.3) is 0 Å². The maximum absolute atomic E-state index is 12.9. The third kappa shape index (κ3) is 4.44. The number of fused-ring (bicyclic) bond motifs is 1. The normalized spacial score (nSPS) is 12.1. The highest BCUT2D eigenvalue weighted by atomic mass is 19.1. The van der Waals surface area contributed by atoms with Crippen molar-refractivity contribution in [2.24, 2.45) is 5.92 Å². The molecule has 0 aliphatic rings. The van der Waals surface area contributed by atoms with Crippen molar-refractivity contribution in [1.82, 2.24) is 5.32 Å². The van der Waals surface area contributed by atoms with Gasteiger partial charge in [0.15, 0.2) is 0 Å². The number of amides is 1. The average Bonchev–Trinajstić information content (AvgIpc) is 2.63. The van der Waals surface area contributed by atoms with Crippen LogP contribution in [-0.2, 0) is 17.6 Å². The summed E-state index contributed by atoms with van der Waals surface area (Å²) in [6, 6.07) is 20.9. The molecule has 128 valence electrons. The summed E-state index contributed by atoms with van der Waals surface area (Å²) in [6.07, 6.45) is 1.41. The minimum atomic E-state index is -0.239. The summed E-state index contributed by atoms with van der Waals surface area (Å²) in [4.78, 5) is 12.4. The number of carbonyl (C=O) groups is 1. The Morgan fingerprint density at radius 1 is 1.00 bits per heavy atom. The number of nitrogens with one attached hydrogen (secondary N) is 1. The number of benzene rings is 3. The molecule has 1 unspecified atom stereocenters. The summed E-state index contributed by atoms with van der Waals surface area (Å²) < 4.78 is 12.9. The van der Waals surface area contributed by atoms with Crippen LogP contribution in [0.4, 0.5) is 4.39 Å². The van der Waals surface area contributed by atoms with Gasteiger partial charge in [0, 0.05) is 12.5 Å². The van der Waals surface area contributed by atoms with Gasteiger partial charge in [-0.1, -0.05) is 61.5 Å². The van der Waals surface area contributed by atoms with Gasteiger partial charge < -0.3 is 5.32 Å². The van der Waals surface area contributed by atoms with Gasteiger partial charge in [-0.25, -0.2) is 4.39 Å². The number of hydrogen-bond donors (Lipinski definition) is 1. The van der Waals surface area contributed by atoms with Crippen molar-refractivity contribution in [3.63, 3.8) is 0 Å². The summed E-state index contributed by atoms with van der Waals surface area (Å²) >= 11 is 0. The number of hydrogen-bond acceptors (Lipinski definition) is 1. The number of carbonyl (C=O) groups excluding carboxylic acids is 1. The van der Waals surface area contributed by atoms with E-state index in [1.165, 1.54) is 28.5 Å². The van der Waals surface area contributed by atoms with E-state index < -0.39 is 0 Å². The first-order valence-electron chi connectivity index (χ1n) is 8.62. The number of halogens is 1. The molecular formula is C22H22FNO. The smallest absolute Gasteiger partial charge is 0.223 e. The molecule has 0 radical (unpaired) electrons. The zero-order chi connectivity index (χ0) is 17.6. The van der Waals surface area contributed by atoms with Gasteiger partial charge in [-0.3, -0.25) is 4.79 Å². The molecule has 25 heavy (non-hydrogen) atoms. The van der Waals surface area contributed by atoms with Crippen LogP contribution >= 0.6 is 0 Å². The average molecular weight is 335 g/mol. The van der Waals surface area contributed by atoms with E-state index in [4.69, 9.17) is 0 Å². The van der Waals surface area contributed by atoms with Crippen molar-refractivity contribution >= 4 is 16.7 Å². The summed E-state index contributed by atoms with van der Waals surface area (Å²) in [6.45, 7) is 2.51. The second-order valence-corrected chi connectivity index (χ2v) is 6.41. The van der Waals surface area contributed by atoms with Gasteiger partial charge >= 0.3 is 0 Å². The van der Waals surface area contributed by atoms with Gasteiger partial charge in [-0.15, -0.1) is 0 Å². The highest BCUT2D eigenvalue weighted by molar-refractivity contribution is 5.86. The van der Waals surface area contributed by atoms with E-state index in [1.54, 1.807) is 12.1 Å². The Hall–Kier alpha value is -2.68. The van der Waals surface area contributed by atoms with Crippen LogP contribution in [0.3, 0.4) is 0 Å². The van der Waals surface area contributed by atoms with Crippen LogP contribution in [0.2, 0.25) is 0 Å². The Morgan fingerprint density at radius 2 is 1.72 bits per heavy atom. The Bertz CT molecular complexity index is 852. The maximum atomic E-state index is 12.9. The van der Waals surface area contributed by atoms with E-state index in [0.29, 0.717) is 19.4 Å². The van der Waals surface area contributed by atoms with Crippen molar-refractivity contribution in [2.75, 3.05) is 6.54 Å². The molecule has 2 nitrogen and oxygen atoms in total. The number of rotatable bonds is 6. The maximum Gasteiger partial charge on any atom is 0.223 e. The third-order valence-corrected chi connectivity index (χ3v) is 4.48. The van der Waals surface area contributed by atoms with Crippen molar-refractivity contribution in [3.05, 3.63) is 83.7 Å². The fourth-order valence-corrected chi connectivity index (χ4v) is 3.05. The molecule has 1 amide bonds. The van der Waals surface area contributed by atoms with E-state index >= 15 is 0 Å². The van der Waals surface area contributed by atoms with Crippen molar-refractivity contribution in [3.8, 4) is 0 Å². The van der Waals surface area contributed by atoms with Crippen molar-refractivity contribution < 1.29 is 9.18 Å². The first-order valence-corrected chi connectivity index (χ1v) is 8.62. The summed E-state index contributed by atoms with van der Waals surface area (Å²) in [5, 5.41) is 5.38. The molecule has 0 saturated heterocycles. The molecule has 0 saturated carbocycles. The highest BCUT2D eigenvalue weighted by Gasteiger charge is 2.14. The molecule has 0 fully saturated rings. The third-order valence-electron chi connectivity index (χ3n) is 4.48. The SMILES string of the molecule is CC(Cc1cccc2ccccc12)C(=O)NCCc1ccc(F)cc1. The Balaban J connectivity index is 1.56. The van der Waals surface area contributed by atoms with Gasteiger partial charge in [-0.2, -0.15) is 0 Å². The first kappa shape index (κ1) is 17.2. The lowest BCUT2D eigenvalue weighted by Crippen LogP contribution is -2.31. The quantitative estimate of drug-likeness (QED) is 0.705. The molecule has 0 bridgehead atoms. The van der Waals surface area contributed by atoms with Gasteiger partial charge in [0.2, 0.25) is 5.91 Å². The van der Waals surface area contributed by atoms with E-state index in [1.807, 2.05) is 25.1 Å². The molecule has 0 aliphatic carbocycles. The molecule has 0 aliphatic heterocycles. The molecule has 1 N–H and O–H groups in total. The molecule has 0 spiro atoms. The lowest BCUT2D eigenvalue weighted by atomic mass is 9.95. The molecule has 1 atom stereocenters. The largest absolute Gasteiger partial charge is 0.356 e. The van der Waals surface area contributed by atoms with E-state index in [0.717, 1.165) is 5.56 Å². The van der Waals surface area contributed by atoms with Gasteiger partial charge in [0.1, 0.15) is 5.82 Å². The molecule has 3 rings (SSSR count). The summed E-state index contributed by atoms with van der Waals surface area (Å²) in [7, 11) is 0. The molecule has 0 aromatic heterocycles. The van der Waals surface area contributed by atoms with E-state index in [9.17, 15) is 9.18 Å². The predicted octanol–water partition coefficient (Wildman–Crippen LogP) is 4.52. The minimum Gasteiger partial charge on any atom is -0.356 e. The van der Waals surface area contributed by atoms with Crippen molar-refractivity contribution in [2.45, 2.75) is 19.8 Å². The van der Waals surface area contributed by atoms with Crippen LogP contribution in [0.1, 0.15) is 18.1 Å². The monoisotopic (exact) mass is 335 g/mol. The van der Waals surface area contributed by atoms with E-state index in [-0.39, 0.29) is 17.6 Å². The first-order chi connectivity index (χ1) is 12.1. The van der Waals surface area contributed by atoms with Crippen LogP contribution in [0.15, 0.2) is 66.7 Å². The Morgan fingerprint density at radius 3 is 2.52 bits per heavy atom. The second-order valence-electron chi connectivity index (χ2n) is 6.41. The fraction of sp³-hybridized carbons (Fsp3) is 0.227. The lowest BCUT2D eigenvalue weighted by Gasteiger charge is -2.14. The van der Waals surface area contributed by atoms with Crippen LogP contribution in [0.25, 0.3) is 10.8 Å². The Kier molecular flexibility index (Phi) is 5.44. The topological polar surface area (TPSA) is 29.1 Å². The Labute approximate surface area is 147 Å². The molecule has 3 heteroatoms. The lowest BCUT2D eigenvalue weighted by molar-refractivity contribution is -0.124. The van der Waals surface area contributed by atoms with Crippen LogP contribution in [-0.4, -0.2) is 12.5 Å². The molecule has 3 aromatic rings. The van der Waals surface area contributed by atoms with Crippen LogP contribution in [0, 0.1) is 11.7 Å². The zero-order valence-corrected chi connectivity index (χ0v) is 14.3. The summed E-state index contributed by atoms with van der Waals surface area (Å²) in [5.41, 5.74) is 2.21. The molecule has 3 aromatic carbocycles. The highest BCUT2D eigenvalue weighted by Crippen LogP contribution is 2.21. The summed E-state index contributed by atoms with van der Waals surface area (Å²) in [5.74, 6) is -0.287. The van der Waals surface area contributed by atoms with Gasteiger partial charge in [-0.05, 0) is 46.9 Å². The predicted molar refractivity (Wildman–Crippen MR) is 99.9 cm³/mol. The van der Waals surface area contributed by atoms with Crippen molar-refractivity contribution in [1.29, 1.82) is 0 Å².